The van der Waals surface area contributed by atoms with Gasteiger partial charge in [-0.05, 0) is 37.0 Å². The van der Waals surface area contributed by atoms with Crippen molar-refractivity contribution in [2.24, 2.45) is 5.92 Å². The van der Waals surface area contributed by atoms with Crippen LogP contribution in [0.5, 0.6) is 0 Å². The van der Waals surface area contributed by atoms with E-state index in [9.17, 15) is 13.2 Å². The Hall–Kier alpha value is -1.44. The summed E-state index contributed by atoms with van der Waals surface area (Å²) in [5.41, 5.74) is 1.14. The molecule has 7 heteroatoms. The van der Waals surface area contributed by atoms with Gasteiger partial charge in [0.2, 0.25) is 15.9 Å². The predicted molar refractivity (Wildman–Crippen MR) is 99.3 cm³/mol. The van der Waals surface area contributed by atoms with E-state index in [0.29, 0.717) is 44.2 Å². The highest BCUT2D eigenvalue weighted by atomic mass is 32.2. The lowest BCUT2D eigenvalue weighted by molar-refractivity contribution is -0.140. The second-order valence-electron chi connectivity index (χ2n) is 7.03. The Balaban J connectivity index is 1.70. The Bertz CT molecular complexity index is 712. The summed E-state index contributed by atoms with van der Waals surface area (Å²) in [5.74, 6) is -0.192. The molecule has 2 aliphatic heterocycles. The SMILES string of the molecule is CCCc1ccc(S(=O)(=O)N2CCCC(C(=O)N3CCOCC3)C2)cc1. The van der Waals surface area contributed by atoms with Crippen molar-refractivity contribution in [2.75, 3.05) is 39.4 Å². The molecule has 2 saturated heterocycles. The van der Waals surface area contributed by atoms with Crippen LogP contribution in [0.4, 0.5) is 0 Å². The Morgan fingerprint density at radius 1 is 1.15 bits per heavy atom. The topological polar surface area (TPSA) is 66.9 Å². The standard InChI is InChI=1S/C19H28N2O4S/c1-2-4-16-6-8-18(9-7-16)26(23,24)21-10-3-5-17(15-21)19(22)20-11-13-25-14-12-20/h6-9,17H,2-5,10-15H2,1H3. The molecule has 0 spiro atoms. The number of morpholine rings is 1. The molecule has 0 N–H and O–H groups in total. The second kappa shape index (κ2) is 8.50. The lowest BCUT2D eigenvalue weighted by Gasteiger charge is -2.35. The normalized spacial score (nSPS) is 22.3. The van der Waals surface area contributed by atoms with Crippen molar-refractivity contribution in [2.45, 2.75) is 37.5 Å². The zero-order valence-corrected chi connectivity index (χ0v) is 16.2. The van der Waals surface area contributed by atoms with Crippen LogP contribution in [0.2, 0.25) is 0 Å². The first-order chi connectivity index (χ1) is 12.5. The van der Waals surface area contributed by atoms with Crippen LogP contribution in [0.15, 0.2) is 29.2 Å². The molecule has 3 rings (SSSR count). The van der Waals surface area contributed by atoms with Crippen LogP contribution in [0, 0.1) is 5.92 Å². The van der Waals surface area contributed by atoms with Gasteiger partial charge < -0.3 is 9.64 Å². The third-order valence-electron chi connectivity index (χ3n) is 5.16. The molecule has 1 unspecified atom stereocenters. The van der Waals surface area contributed by atoms with Crippen molar-refractivity contribution >= 4 is 15.9 Å². The van der Waals surface area contributed by atoms with Gasteiger partial charge in [-0.25, -0.2) is 8.42 Å². The summed E-state index contributed by atoms with van der Waals surface area (Å²) in [5, 5.41) is 0. The Morgan fingerprint density at radius 2 is 1.85 bits per heavy atom. The number of benzene rings is 1. The second-order valence-corrected chi connectivity index (χ2v) is 8.97. The number of hydrogen-bond donors (Lipinski definition) is 0. The maximum absolute atomic E-state index is 13.0. The number of piperidine rings is 1. The smallest absolute Gasteiger partial charge is 0.243 e. The van der Waals surface area contributed by atoms with Crippen molar-refractivity contribution in [1.29, 1.82) is 0 Å². The fourth-order valence-electron chi connectivity index (χ4n) is 3.67. The monoisotopic (exact) mass is 380 g/mol. The van der Waals surface area contributed by atoms with Gasteiger partial charge in [-0.3, -0.25) is 4.79 Å². The van der Waals surface area contributed by atoms with E-state index in [4.69, 9.17) is 4.74 Å². The molecule has 26 heavy (non-hydrogen) atoms. The highest BCUT2D eigenvalue weighted by molar-refractivity contribution is 7.89. The molecule has 0 bridgehead atoms. The first-order valence-electron chi connectivity index (χ1n) is 9.48. The van der Waals surface area contributed by atoms with Crippen molar-refractivity contribution < 1.29 is 17.9 Å². The van der Waals surface area contributed by atoms with E-state index >= 15 is 0 Å². The largest absolute Gasteiger partial charge is 0.378 e. The van der Waals surface area contributed by atoms with Crippen LogP contribution in [-0.2, 0) is 26.0 Å². The summed E-state index contributed by atoms with van der Waals surface area (Å²) in [7, 11) is -3.55. The van der Waals surface area contributed by atoms with Gasteiger partial charge in [0, 0.05) is 26.2 Å². The van der Waals surface area contributed by atoms with Crippen molar-refractivity contribution in [3.63, 3.8) is 0 Å². The third kappa shape index (κ3) is 4.27. The summed E-state index contributed by atoms with van der Waals surface area (Å²) in [4.78, 5) is 14.9. The van der Waals surface area contributed by atoms with Crippen LogP contribution in [0.25, 0.3) is 0 Å². The molecule has 0 saturated carbocycles. The molecule has 0 aromatic heterocycles. The maximum atomic E-state index is 13.0. The average Bonchev–Trinajstić information content (AvgIpc) is 2.69. The quantitative estimate of drug-likeness (QED) is 0.782. The zero-order chi connectivity index (χ0) is 18.6. The molecule has 1 aromatic carbocycles. The van der Waals surface area contributed by atoms with Crippen LogP contribution < -0.4 is 0 Å². The molecular formula is C19H28N2O4S. The van der Waals surface area contributed by atoms with Crippen molar-refractivity contribution in [1.82, 2.24) is 9.21 Å². The minimum Gasteiger partial charge on any atom is -0.378 e. The predicted octanol–water partition coefficient (Wildman–Crippen LogP) is 1.90. The Morgan fingerprint density at radius 3 is 2.50 bits per heavy atom. The lowest BCUT2D eigenvalue weighted by atomic mass is 9.98. The van der Waals surface area contributed by atoms with Crippen LogP contribution in [0.1, 0.15) is 31.7 Å². The van der Waals surface area contributed by atoms with E-state index < -0.39 is 10.0 Å². The van der Waals surface area contributed by atoms with E-state index in [0.717, 1.165) is 24.8 Å². The minimum atomic E-state index is -3.55. The summed E-state index contributed by atoms with van der Waals surface area (Å²) in [6, 6.07) is 7.15. The van der Waals surface area contributed by atoms with E-state index in [1.165, 1.54) is 4.31 Å². The molecule has 0 radical (unpaired) electrons. The molecule has 1 atom stereocenters. The lowest BCUT2D eigenvalue weighted by Crippen LogP contribution is -2.49. The van der Waals surface area contributed by atoms with Crippen LogP contribution in [-0.4, -0.2) is 62.9 Å². The number of carbonyl (C=O) groups is 1. The average molecular weight is 381 g/mol. The van der Waals surface area contributed by atoms with Gasteiger partial charge >= 0.3 is 0 Å². The fourth-order valence-corrected chi connectivity index (χ4v) is 5.19. The highest BCUT2D eigenvalue weighted by Crippen LogP contribution is 2.25. The first-order valence-corrected chi connectivity index (χ1v) is 10.9. The summed E-state index contributed by atoms with van der Waals surface area (Å²) in [6.45, 7) is 5.17. The van der Waals surface area contributed by atoms with E-state index in [-0.39, 0.29) is 18.4 Å². The summed E-state index contributed by atoms with van der Waals surface area (Å²) < 4.78 is 32.7. The fraction of sp³-hybridized carbons (Fsp3) is 0.632. The minimum absolute atomic E-state index is 0.0616. The number of hydrogen-bond acceptors (Lipinski definition) is 4. The van der Waals surface area contributed by atoms with Crippen molar-refractivity contribution in [3.8, 4) is 0 Å². The van der Waals surface area contributed by atoms with Gasteiger partial charge in [-0.1, -0.05) is 25.5 Å². The molecule has 1 amide bonds. The number of rotatable bonds is 5. The number of nitrogens with zero attached hydrogens (tertiary/aromatic N) is 2. The van der Waals surface area contributed by atoms with E-state index in [1.54, 1.807) is 12.1 Å². The number of carbonyl (C=O) groups excluding carboxylic acids is 1. The molecule has 0 aliphatic carbocycles. The van der Waals surface area contributed by atoms with Gasteiger partial charge in [0.1, 0.15) is 0 Å². The third-order valence-corrected chi connectivity index (χ3v) is 7.04. The van der Waals surface area contributed by atoms with Gasteiger partial charge in [-0.15, -0.1) is 0 Å². The molecule has 1 aromatic rings. The summed E-state index contributed by atoms with van der Waals surface area (Å²) >= 11 is 0. The van der Waals surface area contributed by atoms with Crippen molar-refractivity contribution in [3.05, 3.63) is 29.8 Å². The highest BCUT2D eigenvalue weighted by Gasteiger charge is 2.35. The number of ether oxygens (including phenoxy) is 1. The Kier molecular flexibility index (Phi) is 6.32. The number of sulfonamides is 1. The number of aryl methyl sites for hydroxylation is 1. The Labute approximate surface area is 156 Å². The molecule has 144 valence electrons. The van der Waals surface area contributed by atoms with Gasteiger partial charge in [0.15, 0.2) is 0 Å². The van der Waals surface area contributed by atoms with Gasteiger partial charge in [0.25, 0.3) is 0 Å². The van der Waals surface area contributed by atoms with Gasteiger partial charge in [-0.2, -0.15) is 4.31 Å². The zero-order valence-electron chi connectivity index (χ0n) is 15.4. The van der Waals surface area contributed by atoms with Crippen LogP contribution in [0.3, 0.4) is 0 Å². The van der Waals surface area contributed by atoms with E-state index in [2.05, 4.69) is 6.92 Å². The summed E-state index contributed by atoms with van der Waals surface area (Å²) in [6.07, 6.45) is 3.44. The molecule has 6 nitrogen and oxygen atoms in total. The molecule has 2 aliphatic rings. The van der Waals surface area contributed by atoms with Crippen LogP contribution >= 0.6 is 0 Å². The number of amides is 1. The molecular weight excluding hydrogens is 352 g/mol. The van der Waals surface area contributed by atoms with Gasteiger partial charge in [0.05, 0.1) is 24.0 Å². The molecule has 2 heterocycles. The first kappa shape index (κ1) is 19.3. The molecule has 2 fully saturated rings. The maximum Gasteiger partial charge on any atom is 0.243 e. The van der Waals surface area contributed by atoms with E-state index in [1.807, 2.05) is 17.0 Å².